The third-order valence-electron chi connectivity index (χ3n) is 6.22. The topological polar surface area (TPSA) is 25.8 Å². The van der Waals surface area contributed by atoms with E-state index >= 15 is 0 Å². The second kappa shape index (κ2) is 10.6. The molecule has 6 rings (SSSR count). The van der Waals surface area contributed by atoms with E-state index in [1.807, 2.05) is 18.5 Å². The van der Waals surface area contributed by atoms with Crippen LogP contribution in [0.2, 0.25) is 0 Å². The minimum absolute atomic E-state index is 0. The van der Waals surface area contributed by atoms with Gasteiger partial charge in [0.2, 0.25) is 0 Å². The molecule has 0 N–H and O–H groups in total. The monoisotopic (exact) mass is 662 g/mol. The molecule has 0 bridgehead atoms. The van der Waals surface area contributed by atoms with Crippen LogP contribution < -0.4 is 15.9 Å². The van der Waals surface area contributed by atoms with E-state index < -0.39 is 7.26 Å². The summed E-state index contributed by atoms with van der Waals surface area (Å²) in [6.45, 7) is 0. The van der Waals surface area contributed by atoms with Crippen molar-refractivity contribution < 1.29 is 22.4 Å². The molecule has 0 unspecified atom stereocenters. The van der Waals surface area contributed by atoms with E-state index in [1.165, 1.54) is 15.9 Å². The summed E-state index contributed by atoms with van der Waals surface area (Å²) in [6, 6.07) is 42.4. The number of nitrogens with zero attached hydrogens (tertiary/aromatic N) is 2. The zero-order valence-corrected chi connectivity index (χ0v) is 22.4. The molecule has 0 saturated carbocycles. The van der Waals surface area contributed by atoms with Crippen LogP contribution in [0.1, 0.15) is 5.56 Å². The van der Waals surface area contributed by atoms with Crippen molar-refractivity contribution in [3.05, 3.63) is 139 Å². The zero-order chi connectivity index (χ0) is 23.5. The fraction of sp³-hybridized carbons (Fsp3) is 0. The Hall–Kier alpha value is -3.57. The first-order valence-corrected chi connectivity index (χ1v) is 13.4. The molecule has 0 amide bonds. The molecule has 2 nitrogen and oxygen atoms in total. The van der Waals surface area contributed by atoms with Crippen LogP contribution in [0.4, 0.5) is 0 Å². The molecule has 0 fully saturated rings. The van der Waals surface area contributed by atoms with Crippen molar-refractivity contribution in [1.82, 2.24) is 9.97 Å². The maximum absolute atomic E-state index is 4.78. The Morgan fingerprint density at radius 1 is 0.528 bits per heavy atom. The van der Waals surface area contributed by atoms with Crippen LogP contribution >= 0.6 is 7.26 Å². The van der Waals surface area contributed by atoms with E-state index in [4.69, 9.17) is 4.98 Å². The second-order valence-electron chi connectivity index (χ2n) is 8.35. The van der Waals surface area contributed by atoms with Crippen molar-refractivity contribution in [2.24, 2.45) is 0 Å². The Kier molecular flexibility index (Phi) is 7.10. The summed E-state index contributed by atoms with van der Waals surface area (Å²) in [6.07, 6.45) is 3.69. The molecule has 0 aliphatic carbocycles. The number of hydrogen-bond acceptors (Lipinski definition) is 2. The van der Waals surface area contributed by atoms with Crippen molar-refractivity contribution >= 4 is 45.0 Å². The first kappa shape index (κ1) is 24.1. The number of benzene rings is 4. The predicted octanol–water partition coefficient (Wildman–Crippen LogP) is 6.08. The van der Waals surface area contributed by atoms with Gasteiger partial charge in [-0.15, -0.1) is 0 Å². The standard InChI is InChI=1S/C32H22N2P.Au/c1-4-12-28(13-5-1)35(29-14-6-2-7-15-29,30-16-8-3-9-17-30)22-20-25-23-27-19-18-26-11-10-21-33-31(26)32(27)34-24-25;/h1-19,21,23-24H;/q+1;. The Morgan fingerprint density at radius 2 is 1.06 bits per heavy atom. The van der Waals surface area contributed by atoms with Gasteiger partial charge in [-0.25, -0.2) is 0 Å². The van der Waals surface area contributed by atoms with E-state index in [9.17, 15) is 0 Å². The van der Waals surface area contributed by atoms with Crippen molar-refractivity contribution in [3.63, 3.8) is 0 Å². The van der Waals surface area contributed by atoms with Crippen LogP contribution in [-0.2, 0) is 22.4 Å². The van der Waals surface area contributed by atoms with E-state index in [0.29, 0.717) is 0 Å². The summed E-state index contributed by atoms with van der Waals surface area (Å²) in [7, 11) is -2.22. The van der Waals surface area contributed by atoms with Gasteiger partial charge in [-0.05, 0) is 54.5 Å². The zero-order valence-electron chi connectivity index (χ0n) is 19.3. The second-order valence-corrected chi connectivity index (χ2v) is 11.5. The SMILES string of the molecule is C(#C[P+](c1ccccc1)(c1ccccc1)c1ccccc1)c1cnc2c(ccc3cccnc32)c1.[Au]. The van der Waals surface area contributed by atoms with Gasteiger partial charge in [0.05, 0.1) is 16.7 Å². The van der Waals surface area contributed by atoms with Gasteiger partial charge in [0.1, 0.15) is 15.9 Å². The van der Waals surface area contributed by atoms with Gasteiger partial charge in [0, 0.05) is 51.1 Å². The summed E-state index contributed by atoms with van der Waals surface area (Å²) in [5, 5.41) is 5.87. The molecule has 0 saturated heterocycles. The number of rotatable bonds is 3. The largest absolute Gasteiger partial charge is 0.254 e. The van der Waals surface area contributed by atoms with Crippen LogP contribution in [-0.4, -0.2) is 9.97 Å². The molecule has 2 heterocycles. The molecule has 1 radical (unpaired) electrons. The first-order chi connectivity index (χ1) is 17.3. The van der Waals surface area contributed by atoms with Crippen LogP contribution in [0, 0.1) is 11.6 Å². The van der Waals surface area contributed by atoms with Crippen LogP contribution in [0.25, 0.3) is 21.8 Å². The summed E-state index contributed by atoms with van der Waals surface area (Å²) in [5.74, 6) is 3.54. The van der Waals surface area contributed by atoms with Gasteiger partial charge < -0.3 is 0 Å². The molecule has 6 aromatic rings. The van der Waals surface area contributed by atoms with Gasteiger partial charge in [0.15, 0.2) is 7.26 Å². The smallest absolute Gasteiger partial charge is 0.189 e. The van der Waals surface area contributed by atoms with Crippen molar-refractivity contribution in [1.29, 1.82) is 0 Å². The molecule has 175 valence electrons. The summed E-state index contributed by atoms with van der Waals surface area (Å²) >= 11 is 0. The van der Waals surface area contributed by atoms with E-state index in [1.54, 1.807) is 0 Å². The van der Waals surface area contributed by atoms with Crippen LogP contribution in [0.15, 0.2) is 134 Å². The molecule has 0 aliphatic heterocycles. The average molecular weight is 662 g/mol. The summed E-state index contributed by atoms with van der Waals surface area (Å²) in [4.78, 5) is 9.33. The normalized spacial score (nSPS) is 10.9. The molecule has 0 atom stereocenters. The minimum Gasteiger partial charge on any atom is -0.254 e. The van der Waals surface area contributed by atoms with Gasteiger partial charge in [-0.2, -0.15) is 0 Å². The number of aromatic nitrogens is 2. The average Bonchev–Trinajstić information content (AvgIpc) is 2.95. The van der Waals surface area contributed by atoms with Gasteiger partial charge >= 0.3 is 0 Å². The van der Waals surface area contributed by atoms with Gasteiger partial charge in [0.25, 0.3) is 0 Å². The van der Waals surface area contributed by atoms with E-state index in [-0.39, 0.29) is 22.4 Å². The van der Waals surface area contributed by atoms with Crippen molar-refractivity contribution in [3.8, 4) is 11.6 Å². The van der Waals surface area contributed by atoms with Crippen LogP contribution in [0.5, 0.6) is 0 Å². The fourth-order valence-corrected chi connectivity index (χ4v) is 7.99. The minimum atomic E-state index is -2.22. The Labute approximate surface area is 227 Å². The van der Waals surface area contributed by atoms with Gasteiger partial charge in [-0.3, -0.25) is 9.97 Å². The number of hydrogen-bond donors (Lipinski definition) is 0. The maximum Gasteiger partial charge on any atom is 0.189 e. The quantitative estimate of drug-likeness (QED) is 0.0994. The fourth-order valence-electron chi connectivity index (χ4n) is 4.55. The number of fused-ring (bicyclic) bond motifs is 3. The molecular formula is C32H22AuN2P+. The Bertz CT molecular complexity index is 1600. The molecule has 4 aromatic carbocycles. The molecular weight excluding hydrogens is 640 g/mol. The van der Waals surface area contributed by atoms with Gasteiger partial charge in [-0.1, -0.05) is 72.8 Å². The maximum atomic E-state index is 4.78. The Morgan fingerprint density at radius 3 is 1.64 bits per heavy atom. The van der Waals surface area contributed by atoms with Crippen molar-refractivity contribution in [2.75, 3.05) is 0 Å². The summed E-state index contributed by atoms with van der Waals surface area (Å²) < 4.78 is 0. The van der Waals surface area contributed by atoms with E-state index in [2.05, 4.69) is 132 Å². The number of pyridine rings is 2. The van der Waals surface area contributed by atoms with Crippen LogP contribution in [0.3, 0.4) is 0 Å². The molecule has 0 spiro atoms. The molecule has 4 heteroatoms. The predicted molar refractivity (Wildman–Crippen MR) is 149 cm³/mol. The third-order valence-corrected chi connectivity index (χ3v) is 9.89. The van der Waals surface area contributed by atoms with E-state index in [0.717, 1.165) is 27.4 Å². The Balaban J connectivity index is 0.00000267. The molecule has 2 aromatic heterocycles. The molecule has 36 heavy (non-hydrogen) atoms. The third kappa shape index (κ3) is 4.40. The summed E-state index contributed by atoms with van der Waals surface area (Å²) in [5.41, 5.74) is 6.54. The van der Waals surface area contributed by atoms with Crippen molar-refractivity contribution in [2.45, 2.75) is 0 Å². The molecule has 0 aliphatic rings. The first-order valence-electron chi connectivity index (χ1n) is 11.6.